The molecule has 1 N–H and O–H groups in total. The first-order valence-corrected chi connectivity index (χ1v) is 6.47. The molecule has 0 bridgehead atoms. The Morgan fingerprint density at radius 3 is 2.33 bits per heavy atom. The van der Waals surface area contributed by atoms with Gasteiger partial charge in [0.2, 0.25) is 0 Å². The van der Waals surface area contributed by atoms with Gasteiger partial charge in [0.1, 0.15) is 0 Å². The topological polar surface area (TPSA) is 12.0 Å². The van der Waals surface area contributed by atoms with Crippen molar-refractivity contribution in [1.82, 2.24) is 5.32 Å². The minimum Gasteiger partial charge on any atom is -0.313 e. The summed E-state index contributed by atoms with van der Waals surface area (Å²) in [6, 6.07) is 0.738. The normalized spacial score (nSPS) is 28.0. The number of nitrogens with one attached hydrogen (secondary N) is 1. The molecular formula is C14H29N. The second-order valence-electron chi connectivity index (χ2n) is 7.11. The average Bonchev–Trinajstić information content (AvgIpc) is 2.39. The van der Waals surface area contributed by atoms with Crippen molar-refractivity contribution < 1.29 is 0 Å². The highest BCUT2D eigenvalue weighted by Gasteiger charge is 2.34. The van der Waals surface area contributed by atoms with Gasteiger partial charge in [-0.3, -0.25) is 0 Å². The van der Waals surface area contributed by atoms with Crippen LogP contribution in [0.1, 0.15) is 60.8 Å². The molecule has 1 heteroatoms. The molecule has 0 radical (unpaired) electrons. The van der Waals surface area contributed by atoms with E-state index in [4.69, 9.17) is 0 Å². The van der Waals surface area contributed by atoms with Crippen LogP contribution in [0.5, 0.6) is 0 Å². The first-order chi connectivity index (χ1) is 6.73. The van der Waals surface area contributed by atoms with Gasteiger partial charge in [-0.15, -0.1) is 0 Å². The van der Waals surface area contributed by atoms with Crippen LogP contribution in [-0.4, -0.2) is 12.6 Å². The van der Waals surface area contributed by atoms with Gasteiger partial charge in [0, 0.05) is 6.04 Å². The summed E-state index contributed by atoms with van der Waals surface area (Å²) in [6.45, 7) is 15.3. The predicted octanol–water partition coefficient (Wildman–Crippen LogP) is 3.84. The molecule has 1 aliphatic rings. The maximum atomic E-state index is 3.78. The zero-order valence-corrected chi connectivity index (χ0v) is 11.5. The Hall–Kier alpha value is -0.0400. The molecule has 1 fully saturated rings. The van der Waals surface area contributed by atoms with E-state index in [1.165, 1.54) is 19.3 Å². The maximum absolute atomic E-state index is 3.78. The lowest BCUT2D eigenvalue weighted by molar-refractivity contribution is 0.216. The minimum absolute atomic E-state index is 0.426. The first kappa shape index (κ1) is 13.0. The van der Waals surface area contributed by atoms with Gasteiger partial charge in [-0.2, -0.15) is 0 Å². The molecule has 1 aliphatic carbocycles. The zero-order chi connectivity index (χ0) is 11.7. The van der Waals surface area contributed by atoms with Crippen molar-refractivity contribution in [3.8, 4) is 0 Å². The molecule has 2 unspecified atom stereocenters. The third-order valence-electron chi connectivity index (χ3n) is 4.41. The highest BCUT2D eigenvalue weighted by atomic mass is 14.9. The monoisotopic (exact) mass is 211 g/mol. The Kier molecular flexibility index (Phi) is 3.86. The van der Waals surface area contributed by atoms with E-state index in [9.17, 15) is 0 Å². The van der Waals surface area contributed by atoms with Gasteiger partial charge in [-0.1, -0.05) is 48.0 Å². The van der Waals surface area contributed by atoms with E-state index < -0.39 is 0 Å². The second-order valence-corrected chi connectivity index (χ2v) is 7.11. The summed E-state index contributed by atoms with van der Waals surface area (Å²) in [5.74, 6) is 0.744. The summed E-state index contributed by atoms with van der Waals surface area (Å²) in [6.07, 6.45) is 4.15. The Labute approximate surface area is 96.0 Å². The fourth-order valence-electron chi connectivity index (χ4n) is 2.33. The van der Waals surface area contributed by atoms with E-state index in [0.717, 1.165) is 18.5 Å². The van der Waals surface area contributed by atoms with Gasteiger partial charge in [0.25, 0.3) is 0 Å². The summed E-state index contributed by atoms with van der Waals surface area (Å²) in [7, 11) is 0. The number of hydrogen-bond acceptors (Lipinski definition) is 1. The van der Waals surface area contributed by atoms with Crippen molar-refractivity contribution in [1.29, 1.82) is 0 Å². The molecule has 90 valence electrons. The van der Waals surface area contributed by atoms with Crippen LogP contribution < -0.4 is 5.32 Å². The van der Waals surface area contributed by atoms with E-state index in [1.807, 2.05) is 0 Å². The first-order valence-electron chi connectivity index (χ1n) is 6.47. The molecule has 0 aromatic rings. The number of rotatable bonds is 3. The molecule has 0 spiro atoms. The zero-order valence-electron chi connectivity index (χ0n) is 11.5. The highest BCUT2D eigenvalue weighted by Crippen LogP contribution is 2.37. The molecule has 2 atom stereocenters. The molecular weight excluding hydrogens is 182 g/mol. The molecule has 0 saturated heterocycles. The van der Waals surface area contributed by atoms with Crippen molar-refractivity contribution in [2.75, 3.05) is 6.54 Å². The van der Waals surface area contributed by atoms with E-state index in [0.29, 0.717) is 10.8 Å². The van der Waals surface area contributed by atoms with Crippen LogP contribution in [0.4, 0.5) is 0 Å². The fourth-order valence-corrected chi connectivity index (χ4v) is 2.33. The predicted molar refractivity (Wildman–Crippen MR) is 68.0 cm³/mol. The Morgan fingerprint density at radius 2 is 1.93 bits per heavy atom. The summed E-state index contributed by atoms with van der Waals surface area (Å²) < 4.78 is 0. The van der Waals surface area contributed by atoms with Crippen molar-refractivity contribution in [2.45, 2.75) is 66.8 Å². The van der Waals surface area contributed by atoms with Crippen molar-refractivity contribution in [2.24, 2.45) is 16.7 Å². The molecule has 15 heavy (non-hydrogen) atoms. The lowest BCUT2D eigenvalue weighted by atomic mass is 9.81. The van der Waals surface area contributed by atoms with Crippen LogP contribution >= 0.6 is 0 Å². The Balaban J connectivity index is 2.38. The highest BCUT2D eigenvalue weighted by molar-refractivity contribution is 4.90. The number of hydrogen-bond donors (Lipinski definition) is 1. The molecule has 0 aromatic heterocycles. The average molecular weight is 211 g/mol. The summed E-state index contributed by atoms with van der Waals surface area (Å²) >= 11 is 0. The van der Waals surface area contributed by atoms with Crippen molar-refractivity contribution in [3.63, 3.8) is 0 Å². The minimum atomic E-state index is 0.426. The van der Waals surface area contributed by atoms with Gasteiger partial charge in [0.15, 0.2) is 0 Å². The molecule has 0 aromatic carbocycles. The lowest BCUT2D eigenvalue weighted by Gasteiger charge is -2.33. The standard InChI is InChI=1S/C14H29N/c1-11(13(2,3)4)10-15-12-8-7-9-14(12,5)6/h11-12,15H,7-10H2,1-6H3. The smallest absolute Gasteiger partial charge is 0.0118 e. The van der Waals surface area contributed by atoms with Crippen LogP contribution in [-0.2, 0) is 0 Å². The van der Waals surface area contributed by atoms with E-state index in [-0.39, 0.29) is 0 Å². The molecule has 0 aliphatic heterocycles. The fraction of sp³-hybridized carbons (Fsp3) is 1.00. The van der Waals surface area contributed by atoms with Crippen LogP contribution in [0.25, 0.3) is 0 Å². The van der Waals surface area contributed by atoms with Gasteiger partial charge < -0.3 is 5.32 Å². The van der Waals surface area contributed by atoms with E-state index in [2.05, 4.69) is 46.9 Å². The second kappa shape index (κ2) is 4.45. The molecule has 0 amide bonds. The third kappa shape index (κ3) is 3.48. The van der Waals surface area contributed by atoms with Gasteiger partial charge in [0.05, 0.1) is 0 Å². The van der Waals surface area contributed by atoms with E-state index >= 15 is 0 Å². The van der Waals surface area contributed by atoms with Gasteiger partial charge in [-0.05, 0) is 36.1 Å². The molecule has 1 nitrogen and oxygen atoms in total. The SMILES string of the molecule is CC(CNC1CCCC1(C)C)C(C)(C)C. The summed E-state index contributed by atoms with van der Waals surface area (Å²) in [5.41, 5.74) is 0.938. The Bertz CT molecular complexity index is 200. The lowest BCUT2D eigenvalue weighted by Crippen LogP contribution is -2.41. The van der Waals surface area contributed by atoms with Gasteiger partial charge in [-0.25, -0.2) is 0 Å². The largest absolute Gasteiger partial charge is 0.313 e. The summed E-state index contributed by atoms with van der Waals surface area (Å²) in [4.78, 5) is 0. The Morgan fingerprint density at radius 1 is 1.33 bits per heavy atom. The van der Waals surface area contributed by atoms with Crippen LogP contribution in [0.3, 0.4) is 0 Å². The van der Waals surface area contributed by atoms with Crippen molar-refractivity contribution >= 4 is 0 Å². The molecule has 1 rings (SSSR count). The quantitative estimate of drug-likeness (QED) is 0.748. The van der Waals surface area contributed by atoms with Gasteiger partial charge >= 0.3 is 0 Å². The van der Waals surface area contributed by atoms with Crippen LogP contribution in [0, 0.1) is 16.7 Å². The third-order valence-corrected chi connectivity index (χ3v) is 4.41. The van der Waals surface area contributed by atoms with E-state index in [1.54, 1.807) is 0 Å². The maximum Gasteiger partial charge on any atom is 0.0118 e. The van der Waals surface area contributed by atoms with Crippen molar-refractivity contribution in [3.05, 3.63) is 0 Å². The molecule has 0 heterocycles. The molecule has 1 saturated carbocycles. The van der Waals surface area contributed by atoms with Crippen LogP contribution in [0.15, 0.2) is 0 Å². The summed E-state index contributed by atoms with van der Waals surface area (Å²) in [5, 5.41) is 3.78. The van der Waals surface area contributed by atoms with Crippen LogP contribution in [0.2, 0.25) is 0 Å².